The molecule has 0 bridgehead atoms. The first kappa shape index (κ1) is 55.7. The van der Waals surface area contributed by atoms with Gasteiger partial charge < -0.3 is 32.2 Å². The van der Waals surface area contributed by atoms with Crippen molar-refractivity contribution in [2.24, 2.45) is 11.8 Å². The normalized spacial score (nSPS) is 28.6. The second kappa shape index (κ2) is 25.3. The van der Waals surface area contributed by atoms with Crippen molar-refractivity contribution in [3.8, 4) is 0 Å². The zero-order chi connectivity index (χ0) is 46.2. The Morgan fingerprint density at radius 1 is 0.902 bits per heavy atom. The third-order valence-electron chi connectivity index (χ3n) is 15.1. The Morgan fingerprint density at radius 2 is 1.46 bits per heavy atom. The summed E-state index contributed by atoms with van der Waals surface area (Å²) in [6.45, 7) is 34.6. The van der Waals surface area contributed by atoms with E-state index in [4.69, 9.17) is 32.2 Å². The molecule has 0 aromatic carbocycles. The van der Waals surface area contributed by atoms with Gasteiger partial charge in [0.15, 0.2) is 25.0 Å². The maximum Gasteiger partial charge on any atom is 0.308 e. The molecular formula is C49H92O9Si3. The molecule has 0 unspecified atom stereocenters. The lowest BCUT2D eigenvalue weighted by atomic mass is 9.88. The number of cyclic esters (lactones) is 1. The van der Waals surface area contributed by atoms with Crippen molar-refractivity contribution in [3.63, 3.8) is 0 Å². The SMILES string of the molecule is CC[C@H](O[Si](CC)(CC)CC)[C@@H](C)[C@@H]1O[C@H]1C[C@](C)(/C=C/C=C(\C)[C@H]1OC(=O)C[C@H](O[Si](CC)(CC)CC)CC[C@@](C)(OC)[C@H](OC(C)=O)/C=C/[C@@H]1C)O[Si](CC)(CC)CC. The molecule has 9 nitrogen and oxygen atoms in total. The van der Waals surface area contributed by atoms with Crippen LogP contribution in [-0.4, -0.2) is 91.8 Å². The Bertz CT molecular complexity index is 1400. The molecule has 0 aliphatic carbocycles. The van der Waals surface area contributed by atoms with Crippen molar-refractivity contribution >= 4 is 36.9 Å². The summed E-state index contributed by atoms with van der Waals surface area (Å²) in [7, 11) is -4.20. The molecule has 61 heavy (non-hydrogen) atoms. The van der Waals surface area contributed by atoms with Crippen molar-refractivity contribution in [2.75, 3.05) is 7.11 Å². The Morgan fingerprint density at radius 3 is 1.95 bits per heavy atom. The van der Waals surface area contributed by atoms with E-state index in [1.807, 2.05) is 32.9 Å². The van der Waals surface area contributed by atoms with E-state index in [9.17, 15) is 9.59 Å². The van der Waals surface area contributed by atoms with E-state index < -0.39 is 48.4 Å². The number of esters is 2. The predicted octanol–water partition coefficient (Wildman–Crippen LogP) is 12.9. The number of allylic oxidation sites excluding steroid dienone is 2. The van der Waals surface area contributed by atoms with Crippen LogP contribution in [0.4, 0.5) is 0 Å². The van der Waals surface area contributed by atoms with Crippen molar-refractivity contribution in [3.05, 3.63) is 36.0 Å². The highest BCUT2D eigenvalue weighted by atomic mass is 28.4. The van der Waals surface area contributed by atoms with Crippen molar-refractivity contribution < 1.29 is 41.8 Å². The van der Waals surface area contributed by atoms with Gasteiger partial charge in [0, 0.05) is 38.4 Å². The molecule has 2 aliphatic heterocycles. The second-order valence-electron chi connectivity index (χ2n) is 18.9. The maximum atomic E-state index is 14.0. The van der Waals surface area contributed by atoms with Gasteiger partial charge in [-0.1, -0.05) is 107 Å². The summed E-state index contributed by atoms with van der Waals surface area (Å²) in [6, 6.07) is 9.50. The average Bonchev–Trinajstić information content (AvgIpc) is 4.02. The summed E-state index contributed by atoms with van der Waals surface area (Å²) in [5.74, 6) is -0.575. The predicted molar refractivity (Wildman–Crippen MR) is 259 cm³/mol. The fourth-order valence-corrected chi connectivity index (χ4v) is 18.7. The Hall–Kier alpha value is -1.39. The molecule has 0 aromatic rings. The molecule has 2 rings (SSSR count). The monoisotopic (exact) mass is 909 g/mol. The summed E-state index contributed by atoms with van der Waals surface area (Å²) in [6.07, 6.45) is 12.2. The summed E-state index contributed by atoms with van der Waals surface area (Å²) in [5, 5.41) is 0. The van der Waals surface area contributed by atoms with Crippen LogP contribution in [-0.2, 0) is 41.8 Å². The van der Waals surface area contributed by atoms with E-state index in [1.54, 1.807) is 7.11 Å². The van der Waals surface area contributed by atoms with Crippen molar-refractivity contribution in [1.29, 1.82) is 0 Å². The second-order valence-corrected chi connectivity index (χ2v) is 33.0. The van der Waals surface area contributed by atoms with Crippen LogP contribution in [0.2, 0.25) is 54.4 Å². The lowest BCUT2D eigenvalue weighted by Crippen LogP contribution is -2.46. The molecular weight excluding hydrogens is 817 g/mol. The third-order valence-corrected chi connectivity index (χ3v) is 29.2. The number of hydrogen-bond donors (Lipinski definition) is 0. The Kier molecular flexibility index (Phi) is 23.2. The number of epoxide rings is 1. The zero-order valence-electron chi connectivity index (χ0n) is 42.1. The molecule has 1 fully saturated rings. The molecule has 1 saturated heterocycles. The minimum Gasteiger partial charge on any atom is -0.457 e. The topological polar surface area (TPSA) is 102 Å². The van der Waals surface area contributed by atoms with Gasteiger partial charge in [-0.3, -0.25) is 9.59 Å². The fourth-order valence-electron chi connectivity index (χ4n) is 9.66. The van der Waals surface area contributed by atoms with Gasteiger partial charge in [0.1, 0.15) is 17.8 Å². The van der Waals surface area contributed by atoms with Gasteiger partial charge in [0.05, 0.1) is 30.3 Å². The van der Waals surface area contributed by atoms with Crippen LogP contribution in [0.1, 0.15) is 143 Å². The molecule has 12 heteroatoms. The highest BCUT2D eigenvalue weighted by Gasteiger charge is 2.51. The number of carbonyl (C=O) groups is 2. The van der Waals surface area contributed by atoms with Gasteiger partial charge in [-0.05, 0) is 106 Å². The number of carbonyl (C=O) groups excluding carboxylic acids is 2. The van der Waals surface area contributed by atoms with Crippen LogP contribution >= 0.6 is 0 Å². The van der Waals surface area contributed by atoms with Gasteiger partial charge >= 0.3 is 11.9 Å². The minimum atomic E-state index is -2.07. The number of methoxy groups -OCH3 is 1. The first-order chi connectivity index (χ1) is 28.7. The van der Waals surface area contributed by atoms with Gasteiger partial charge in [-0.2, -0.15) is 0 Å². The van der Waals surface area contributed by atoms with Crippen LogP contribution in [0.3, 0.4) is 0 Å². The van der Waals surface area contributed by atoms with Gasteiger partial charge in [0.25, 0.3) is 0 Å². The highest BCUT2D eigenvalue weighted by Crippen LogP contribution is 2.43. The third kappa shape index (κ3) is 15.6. The molecule has 2 aliphatic rings. The molecule has 0 aromatic heterocycles. The van der Waals surface area contributed by atoms with Gasteiger partial charge in [0.2, 0.25) is 0 Å². The summed E-state index contributed by atoms with van der Waals surface area (Å²) in [5.41, 5.74) is -0.451. The first-order valence-electron chi connectivity index (χ1n) is 24.4. The van der Waals surface area contributed by atoms with Gasteiger partial charge in [-0.25, -0.2) is 0 Å². The Labute approximate surface area is 377 Å². The van der Waals surface area contributed by atoms with E-state index in [-0.39, 0.29) is 48.7 Å². The quantitative estimate of drug-likeness (QED) is 0.0291. The standard InChI is InChI=1S/C49H92O9Si3/c1-18-42(57-60(22-5,23-6)24-7)39(13)47-43(54-47)36-48(15,58-61(25-8,26-9)27-10)33-28-29-37(11)46-38(12)30-31-44(53-40(14)50)49(16,52-17)34-32-41(35-45(51)55-46)56-59(19-2,20-3)21-4/h28-31,33,38-39,41-44,46-47H,18-27,32,34-36H2,1-17H3/b31-30+,33-28+,37-29+/t38-,39+,41+,42-,43-,44+,46+,47-,48-,49+/m0/s1. The van der Waals surface area contributed by atoms with Crippen LogP contribution in [0, 0.1) is 11.8 Å². The molecule has 0 spiro atoms. The van der Waals surface area contributed by atoms with E-state index in [1.165, 1.54) is 6.92 Å². The van der Waals surface area contributed by atoms with Crippen molar-refractivity contribution in [2.45, 2.75) is 245 Å². The van der Waals surface area contributed by atoms with E-state index >= 15 is 0 Å². The largest absolute Gasteiger partial charge is 0.457 e. The summed E-state index contributed by atoms with van der Waals surface area (Å²) >= 11 is 0. The van der Waals surface area contributed by atoms with Crippen LogP contribution < -0.4 is 0 Å². The molecule has 0 amide bonds. The molecule has 2 heterocycles. The maximum absolute atomic E-state index is 14.0. The van der Waals surface area contributed by atoms with Crippen LogP contribution in [0.25, 0.3) is 0 Å². The molecule has 0 N–H and O–H groups in total. The lowest BCUT2D eigenvalue weighted by Gasteiger charge is -2.39. The summed E-state index contributed by atoms with van der Waals surface area (Å²) in [4.78, 5) is 26.4. The Balaban J connectivity index is 2.55. The number of rotatable bonds is 25. The van der Waals surface area contributed by atoms with Crippen LogP contribution in [0.15, 0.2) is 36.0 Å². The lowest BCUT2D eigenvalue weighted by molar-refractivity contribution is -0.160. The highest BCUT2D eigenvalue weighted by molar-refractivity contribution is 6.74. The van der Waals surface area contributed by atoms with E-state index in [0.29, 0.717) is 18.8 Å². The number of hydrogen-bond acceptors (Lipinski definition) is 9. The summed E-state index contributed by atoms with van der Waals surface area (Å²) < 4.78 is 46.3. The van der Waals surface area contributed by atoms with Crippen LogP contribution in [0.5, 0.6) is 0 Å². The average molecular weight is 910 g/mol. The van der Waals surface area contributed by atoms with Gasteiger partial charge in [-0.15, -0.1) is 0 Å². The molecule has 354 valence electrons. The molecule has 10 atom stereocenters. The first-order valence-corrected chi connectivity index (χ1v) is 32.0. The fraction of sp³-hybridized carbons (Fsp3) is 0.837. The molecule has 0 saturated carbocycles. The van der Waals surface area contributed by atoms with E-state index in [0.717, 1.165) is 72.8 Å². The zero-order valence-corrected chi connectivity index (χ0v) is 45.1. The smallest absolute Gasteiger partial charge is 0.308 e. The van der Waals surface area contributed by atoms with E-state index in [2.05, 4.69) is 101 Å². The molecule has 0 radical (unpaired) electrons. The van der Waals surface area contributed by atoms with Crippen molar-refractivity contribution in [1.82, 2.24) is 0 Å². The number of ether oxygens (including phenoxy) is 4. The minimum absolute atomic E-state index is 0.0936.